The molecule has 0 aliphatic carbocycles. The molecule has 1 aromatic heterocycles. The number of nitrogen functional groups attached to an aromatic ring is 1. The minimum Gasteiger partial charge on any atom is -0.385 e. The van der Waals surface area contributed by atoms with Crippen LogP contribution in [0.4, 0.5) is 11.6 Å². The molecule has 0 unspecified atom stereocenters. The third-order valence-electron chi connectivity index (χ3n) is 2.84. The Hall–Kier alpha value is -1.16. The van der Waals surface area contributed by atoms with E-state index in [0.717, 1.165) is 32.0 Å². The monoisotopic (exact) mass is 194 g/mol. The normalized spacial score (nSPS) is 17.4. The van der Waals surface area contributed by atoms with E-state index in [0.29, 0.717) is 0 Å². The molecule has 14 heavy (non-hydrogen) atoms. The van der Waals surface area contributed by atoms with Crippen LogP contribution >= 0.6 is 0 Å². The molecule has 1 aliphatic heterocycles. The Morgan fingerprint density at radius 2 is 2.00 bits per heavy atom. The highest BCUT2D eigenvalue weighted by Gasteiger charge is 2.16. The maximum absolute atomic E-state index is 5.87. The van der Waals surface area contributed by atoms with Crippen molar-refractivity contribution in [2.75, 3.05) is 36.8 Å². The van der Waals surface area contributed by atoms with E-state index in [-0.39, 0.29) is 0 Å². The topological polar surface area (TPSA) is 46.2 Å². The molecule has 4 nitrogen and oxygen atoms in total. The lowest BCUT2D eigenvalue weighted by Crippen LogP contribution is -2.44. The van der Waals surface area contributed by atoms with Gasteiger partial charge in [0.25, 0.3) is 0 Å². The second-order valence-corrected chi connectivity index (χ2v) is 3.87. The summed E-state index contributed by atoms with van der Waals surface area (Å²) in [6, 6.07) is 2.04. The third kappa shape index (κ3) is 1.46. The highest BCUT2D eigenvalue weighted by Crippen LogP contribution is 2.25. The first-order valence-corrected chi connectivity index (χ1v) is 5.07. The fourth-order valence-corrected chi connectivity index (χ4v) is 2.11. The molecule has 2 rings (SSSR count). The molecule has 1 aliphatic rings. The predicted molar refractivity (Wildman–Crippen MR) is 59.6 cm³/mol. The highest BCUT2D eigenvalue weighted by molar-refractivity contribution is 5.57. The number of nitrogens with zero attached hydrogens (tertiary/aromatic N) is 2. The van der Waals surface area contributed by atoms with Gasteiger partial charge in [0.05, 0.1) is 0 Å². The summed E-state index contributed by atoms with van der Waals surface area (Å²) in [6.45, 7) is 6.37. The molecule has 0 atom stereocenters. The summed E-state index contributed by atoms with van der Waals surface area (Å²) in [4.78, 5) is 2.39. The first kappa shape index (κ1) is 9.40. The van der Waals surface area contributed by atoms with Gasteiger partial charge in [-0.1, -0.05) is 0 Å². The summed E-state index contributed by atoms with van der Waals surface area (Å²) in [5.41, 5.74) is 7.14. The van der Waals surface area contributed by atoms with Crippen molar-refractivity contribution < 1.29 is 0 Å². The van der Waals surface area contributed by atoms with Crippen molar-refractivity contribution in [2.24, 2.45) is 7.05 Å². The summed E-state index contributed by atoms with van der Waals surface area (Å²) in [7, 11) is 2.03. The van der Waals surface area contributed by atoms with Crippen LogP contribution in [-0.2, 0) is 7.05 Å². The first-order valence-electron chi connectivity index (χ1n) is 5.07. The highest BCUT2D eigenvalue weighted by atomic mass is 15.3. The lowest BCUT2D eigenvalue weighted by molar-refractivity contribution is 0.578. The van der Waals surface area contributed by atoms with Gasteiger partial charge in [0, 0.05) is 33.2 Å². The number of hydrogen-bond donors (Lipinski definition) is 2. The molecule has 0 saturated carbocycles. The van der Waals surface area contributed by atoms with Crippen LogP contribution in [0.1, 0.15) is 5.56 Å². The van der Waals surface area contributed by atoms with E-state index >= 15 is 0 Å². The van der Waals surface area contributed by atoms with E-state index in [1.54, 1.807) is 0 Å². The zero-order valence-electron chi connectivity index (χ0n) is 8.88. The summed E-state index contributed by atoms with van der Waals surface area (Å²) in [5.74, 6) is 2.11. The largest absolute Gasteiger partial charge is 0.385 e. The Kier molecular flexibility index (Phi) is 2.37. The second-order valence-electron chi connectivity index (χ2n) is 3.87. The van der Waals surface area contributed by atoms with Gasteiger partial charge >= 0.3 is 0 Å². The number of rotatable bonds is 1. The SMILES string of the molecule is Cc1cc(N)n(C)c1N1CCNCC1. The van der Waals surface area contributed by atoms with Crippen LogP contribution in [0.15, 0.2) is 6.07 Å². The van der Waals surface area contributed by atoms with Crippen molar-refractivity contribution in [1.82, 2.24) is 9.88 Å². The number of aromatic nitrogens is 1. The number of aryl methyl sites for hydroxylation is 1. The lowest BCUT2D eigenvalue weighted by Gasteiger charge is -2.30. The number of piperazine rings is 1. The van der Waals surface area contributed by atoms with E-state index in [4.69, 9.17) is 5.73 Å². The molecule has 0 amide bonds. The summed E-state index contributed by atoms with van der Waals surface area (Å²) >= 11 is 0. The van der Waals surface area contributed by atoms with Gasteiger partial charge in [0.15, 0.2) is 0 Å². The summed E-state index contributed by atoms with van der Waals surface area (Å²) in [5, 5.41) is 3.35. The average molecular weight is 194 g/mol. The molecule has 0 spiro atoms. The number of nitrogens with two attached hydrogens (primary N) is 1. The standard InChI is InChI=1S/C10H18N4/c1-8-7-9(11)13(2)10(8)14-5-3-12-4-6-14/h7,12H,3-6,11H2,1-2H3. The van der Waals surface area contributed by atoms with Crippen molar-refractivity contribution >= 4 is 11.6 Å². The van der Waals surface area contributed by atoms with Crippen LogP contribution in [0.2, 0.25) is 0 Å². The van der Waals surface area contributed by atoms with Crippen LogP contribution in [0.3, 0.4) is 0 Å². The third-order valence-corrected chi connectivity index (χ3v) is 2.84. The molecule has 3 N–H and O–H groups in total. The van der Waals surface area contributed by atoms with Gasteiger partial charge in [-0.3, -0.25) is 0 Å². The van der Waals surface area contributed by atoms with Crippen molar-refractivity contribution in [3.63, 3.8) is 0 Å². The van der Waals surface area contributed by atoms with Crippen LogP contribution in [-0.4, -0.2) is 30.7 Å². The van der Waals surface area contributed by atoms with E-state index in [2.05, 4.69) is 21.7 Å². The van der Waals surface area contributed by atoms with E-state index in [1.165, 1.54) is 11.4 Å². The van der Waals surface area contributed by atoms with E-state index in [9.17, 15) is 0 Å². The van der Waals surface area contributed by atoms with Gasteiger partial charge in [-0.15, -0.1) is 0 Å². The van der Waals surface area contributed by atoms with Gasteiger partial charge in [-0.2, -0.15) is 0 Å². The fourth-order valence-electron chi connectivity index (χ4n) is 2.11. The Labute approximate surface area is 84.7 Å². The molecule has 0 aromatic carbocycles. The molecular formula is C10H18N4. The molecule has 0 radical (unpaired) electrons. The van der Waals surface area contributed by atoms with Crippen LogP contribution in [0, 0.1) is 6.92 Å². The van der Waals surface area contributed by atoms with Gasteiger partial charge in [-0.25, -0.2) is 0 Å². The maximum Gasteiger partial charge on any atom is 0.112 e. The van der Waals surface area contributed by atoms with E-state index in [1.807, 2.05) is 13.1 Å². The molecule has 0 bridgehead atoms. The molecule has 4 heteroatoms. The van der Waals surface area contributed by atoms with Crippen molar-refractivity contribution in [3.8, 4) is 0 Å². The Morgan fingerprint density at radius 1 is 1.36 bits per heavy atom. The molecular weight excluding hydrogens is 176 g/mol. The zero-order chi connectivity index (χ0) is 10.1. The quantitative estimate of drug-likeness (QED) is 0.677. The number of anilines is 2. The Bertz CT molecular complexity index is 323. The molecule has 1 saturated heterocycles. The second kappa shape index (κ2) is 3.53. The summed E-state index contributed by atoms with van der Waals surface area (Å²) in [6.07, 6.45) is 0. The van der Waals surface area contributed by atoms with Crippen LogP contribution in [0.5, 0.6) is 0 Å². The minimum absolute atomic E-state index is 0.844. The smallest absolute Gasteiger partial charge is 0.112 e. The molecule has 1 aromatic rings. The van der Waals surface area contributed by atoms with Crippen LogP contribution < -0.4 is 16.0 Å². The molecule has 78 valence electrons. The van der Waals surface area contributed by atoms with Crippen molar-refractivity contribution in [1.29, 1.82) is 0 Å². The number of hydrogen-bond acceptors (Lipinski definition) is 3. The summed E-state index contributed by atoms with van der Waals surface area (Å²) < 4.78 is 2.07. The number of nitrogens with one attached hydrogen (secondary N) is 1. The Balaban J connectivity index is 2.29. The Morgan fingerprint density at radius 3 is 2.50 bits per heavy atom. The molecule has 2 heterocycles. The lowest BCUT2D eigenvalue weighted by atomic mass is 10.3. The van der Waals surface area contributed by atoms with Gasteiger partial charge in [0.2, 0.25) is 0 Å². The van der Waals surface area contributed by atoms with Gasteiger partial charge in [-0.05, 0) is 18.6 Å². The maximum atomic E-state index is 5.87. The van der Waals surface area contributed by atoms with Gasteiger partial charge < -0.3 is 20.5 Å². The van der Waals surface area contributed by atoms with E-state index < -0.39 is 0 Å². The van der Waals surface area contributed by atoms with Gasteiger partial charge in [0.1, 0.15) is 11.6 Å². The van der Waals surface area contributed by atoms with Crippen LogP contribution in [0.25, 0.3) is 0 Å². The van der Waals surface area contributed by atoms with Crippen molar-refractivity contribution in [2.45, 2.75) is 6.92 Å². The minimum atomic E-state index is 0.844. The van der Waals surface area contributed by atoms with Crippen molar-refractivity contribution in [3.05, 3.63) is 11.6 Å². The molecule has 1 fully saturated rings. The zero-order valence-corrected chi connectivity index (χ0v) is 8.88. The predicted octanol–water partition coefficient (Wildman–Crippen LogP) is 0.325. The fraction of sp³-hybridized carbons (Fsp3) is 0.600. The first-order chi connectivity index (χ1) is 6.70. The average Bonchev–Trinajstić information content (AvgIpc) is 2.43.